The number of anilines is 1. The van der Waals surface area contributed by atoms with Gasteiger partial charge in [-0.25, -0.2) is 4.90 Å². The van der Waals surface area contributed by atoms with Crippen molar-refractivity contribution in [3.05, 3.63) is 123 Å². The van der Waals surface area contributed by atoms with Crippen molar-refractivity contribution in [1.82, 2.24) is 4.90 Å². The summed E-state index contributed by atoms with van der Waals surface area (Å²) < 4.78 is 0.833. The Morgan fingerprint density at radius 2 is 1.51 bits per heavy atom. The number of amides is 2. The molecule has 3 aliphatic rings. The number of carbonyl (C=O) groups excluding carboxylic acids is 4. The third-order valence-electron chi connectivity index (χ3n) is 7.84. The van der Waals surface area contributed by atoms with E-state index in [2.05, 4.69) is 15.9 Å². The first-order valence-corrected chi connectivity index (χ1v) is 13.6. The van der Waals surface area contributed by atoms with Gasteiger partial charge in [0.15, 0.2) is 11.6 Å². The number of allylic oxidation sites excluding steroid dienone is 2. The summed E-state index contributed by atoms with van der Waals surface area (Å²) >= 11 is 3.40. The van der Waals surface area contributed by atoms with Gasteiger partial charge in [0.25, 0.3) is 0 Å². The lowest BCUT2D eigenvalue weighted by Crippen LogP contribution is -2.46. The summed E-state index contributed by atoms with van der Waals surface area (Å²) in [6.07, 6.45) is 5.12. The molecule has 3 heterocycles. The van der Waals surface area contributed by atoms with Crippen molar-refractivity contribution in [3.8, 4) is 0 Å². The van der Waals surface area contributed by atoms with Crippen LogP contribution in [0.2, 0.25) is 0 Å². The molecule has 0 aromatic heterocycles. The van der Waals surface area contributed by atoms with Crippen LogP contribution >= 0.6 is 15.9 Å². The van der Waals surface area contributed by atoms with Gasteiger partial charge in [-0.05, 0) is 43.7 Å². The van der Waals surface area contributed by atoms with Gasteiger partial charge in [-0.1, -0.05) is 82.2 Å². The fourth-order valence-corrected chi connectivity index (χ4v) is 6.30. The molecule has 39 heavy (non-hydrogen) atoms. The second kappa shape index (κ2) is 9.58. The Morgan fingerprint density at radius 3 is 2.21 bits per heavy atom. The first kappa shape index (κ1) is 25.2. The first-order valence-electron chi connectivity index (χ1n) is 12.8. The average molecular weight is 581 g/mol. The van der Waals surface area contributed by atoms with E-state index in [4.69, 9.17) is 0 Å². The standard InChI is InChI=1S/C32H25BrN2O4/c1-18-8-13-24(19(2)16-18)35-31(38)26-25-17-22(29(36)20-6-4-3-5-7-20)14-15-34(25)28(27(26)32(35)39)30(37)21-9-11-23(33)12-10-21/h3-17,25-28H,1-2H3/t25-,26+,27-,28+/m1/s1. The van der Waals surface area contributed by atoms with Crippen LogP contribution in [-0.2, 0) is 9.59 Å². The minimum Gasteiger partial charge on any atom is -0.359 e. The molecule has 2 fully saturated rings. The largest absolute Gasteiger partial charge is 0.359 e. The van der Waals surface area contributed by atoms with Gasteiger partial charge < -0.3 is 4.90 Å². The molecule has 2 saturated heterocycles. The molecule has 4 atom stereocenters. The molecule has 0 radical (unpaired) electrons. The van der Waals surface area contributed by atoms with Crippen molar-refractivity contribution < 1.29 is 19.2 Å². The third kappa shape index (κ3) is 4.08. The minimum absolute atomic E-state index is 0.172. The van der Waals surface area contributed by atoms with Crippen LogP contribution in [0.3, 0.4) is 0 Å². The van der Waals surface area contributed by atoms with Crippen LogP contribution in [0.25, 0.3) is 0 Å². The zero-order valence-corrected chi connectivity index (χ0v) is 23.0. The molecule has 3 aliphatic heterocycles. The van der Waals surface area contributed by atoms with Crippen LogP contribution in [-0.4, -0.2) is 40.4 Å². The highest BCUT2D eigenvalue weighted by Crippen LogP contribution is 2.47. The zero-order valence-electron chi connectivity index (χ0n) is 21.4. The molecule has 0 unspecified atom stereocenters. The molecule has 7 heteroatoms. The molecule has 6 nitrogen and oxygen atoms in total. The van der Waals surface area contributed by atoms with Crippen LogP contribution in [0.15, 0.2) is 101 Å². The molecule has 194 valence electrons. The fourth-order valence-electron chi connectivity index (χ4n) is 6.03. The molecule has 0 aliphatic carbocycles. The van der Waals surface area contributed by atoms with Crippen LogP contribution in [0.5, 0.6) is 0 Å². The molecular weight excluding hydrogens is 556 g/mol. The number of nitrogens with zero attached hydrogens (tertiary/aromatic N) is 2. The monoisotopic (exact) mass is 580 g/mol. The predicted octanol–water partition coefficient (Wildman–Crippen LogP) is 5.44. The predicted molar refractivity (Wildman–Crippen MR) is 151 cm³/mol. The van der Waals surface area contributed by atoms with Gasteiger partial charge >= 0.3 is 0 Å². The SMILES string of the molecule is Cc1ccc(N2C(=O)[C@@H]3[C@@H](C2=O)[C@@H](C(=O)c2ccc(Br)cc2)N2C=CC(C(=O)c4ccccc4)=C[C@H]32)c(C)c1. The lowest BCUT2D eigenvalue weighted by Gasteiger charge is -2.33. The van der Waals surface area contributed by atoms with Gasteiger partial charge in [-0.3, -0.25) is 19.2 Å². The summed E-state index contributed by atoms with van der Waals surface area (Å²) in [5.41, 5.74) is 3.78. The molecule has 0 bridgehead atoms. The number of ketones is 2. The maximum absolute atomic E-state index is 14.0. The Bertz CT molecular complexity index is 1590. The Labute approximate surface area is 234 Å². The van der Waals surface area contributed by atoms with E-state index in [1.165, 1.54) is 4.90 Å². The van der Waals surface area contributed by atoms with Crippen molar-refractivity contribution in [2.75, 3.05) is 4.90 Å². The maximum Gasteiger partial charge on any atom is 0.240 e. The molecule has 2 amide bonds. The quantitative estimate of drug-likeness (QED) is 0.296. The number of imide groups is 1. The Kier molecular flexibility index (Phi) is 6.19. The molecule has 6 rings (SSSR count). The smallest absolute Gasteiger partial charge is 0.240 e. The van der Waals surface area contributed by atoms with Crippen LogP contribution < -0.4 is 4.90 Å². The molecule has 0 N–H and O–H groups in total. The number of fused-ring (bicyclic) bond motifs is 3. The van der Waals surface area contributed by atoms with E-state index in [0.29, 0.717) is 22.4 Å². The van der Waals surface area contributed by atoms with Gasteiger partial charge in [0, 0.05) is 27.4 Å². The van der Waals surface area contributed by atoms with Crippen LogP contribution in [0.4, 0.5) is 5.69 Å². The normalized spacial score (nSPS) is 23.5. The fraction of sp³-hybridized carbons (Fsp3) is 0.188. The highest BCUT2D eigenvalue weighted by molar-refractivity contribution is 9.10. The summed E-state index contributed by atoms with van der Waals surface area (Å²) in [6, 6.07) is 20.0. The summed E-state index contributed by atoms with van der Waals surface area (Å²) in [5, 5.41) is 0. The average Bonchev–Trinajstić information content (AvgIpc) is 3.40. The van der Waals surface area contributed by atoms with Crippen LogP contribution in [0, 0.1) is 25.7 Å². The minimum atomic E-state index is -0.883. The lowest BCUT2D eigenvalue weighted by atomic mass is 9.85. The van der Waals surface area contributed by atoms with Gasteiger partial charge in [-0.15, -0.1) is 0 Å². The Hall–Kier alpha value is -4.10. The van der Waals surface area contributed by atoms with E-state index >= 15 is 0 Å². The molecular formula is C32H25BrN2O4. The van der Waals surface area contributed by atoms with Crippen LogP contribution in [0.1, 0.15) is 31.8 Å². The van der Waals surface area contributed by atoms with E-state index in [9.17, 15) is 19.2 Å². The number of halogens is 1. The van der Waals surface area contributed by atoms with Gasteiger partial charge in [0.2, 0.25) is 11.8 Å². The second-order valence-corrected chi connectivity index (χ2v) is 11.2. The number of hydrogen-bond donors (Lipinski definition) is 0. The number of carbonyl (C=O) groups is 4. The van der Waals surface area contributed by atoms with E-state index in [0.717, 1.165) is 15.6 Å². The summed E-state index contributed by atoms with van der Waals surface area (Å²) in [4.78, 5) is 58.3. The van der Waals surface area contributed by atoms with Crippen molar-refractivity contribution in [3.63, 3.8) is 0 Å². The number of aryl methyl sites for hydroxylation is 2. The van der Waals surface area contributed by atoms with Crippen molar-refractivity contribution in [2.45, 2.75) is 25.9 Å². The van der Waals surface area contributed by atoms with Crippen molar-refractivity contribution >= 4 is 45.0 Å². The first-order chi connectivity index (χ1) is 18.8. The third-order valence-corrected chi connectivity index (χ3v) is 8.37. The number of rotatable bonds is 5. The van der Waals surface area contributed by atoms with Crippen molar-refractivity contribution in [2.24, 2.45) is 11.8 Å². The number of benzene rings is 3. The van der Waals surface area contributed by atoms with E-state index in [1.807, 2.05) is 32.0 Å². The zero-order chi connectivity index (χ0) is 27.4. The van der Waals surface area contributed by atoms with Gasteiger partial charge in [0.05, 0.1) is 23.6 Å². The summed E-state index contributed by atoms with van der Waals surface area (Å²) in [7, 11) is 0. The number of Topliss-reactive ketones (excluding diaryl/α,β-unsaturated/α-hetero) is 2. The van der Waals surface area contributed by atoms with E-state index in [1.54, 1.807) is 77.8 Å². The molecule has 3 aromatic carbocycles. The molecule has 0 spiro atoms. The number of hydrogen-bond acceptors (Lipinski definition) is 5. The maximum atomic E-state index is 14.0. The topological polar surface area (TPSA) is 74.8 Å². The van der Waals surface area contributed by atoms with E-state index < -0.39 is 23.9 Å². The van der Waals surface area contributed by atoms with Gasteiger partial charge in [-0.2, -0.15) is 0 Å². The summed E-state index contributed by atoms with van der Waals surface area (Å²) in [5.74, 6) is -2.83. The molecule has 3 aromatic rings. The van der Waals surface area contributed by atoms with E-state index in [-0.39, 0.29) is 23.4 Å². The summed E-state index contributed by atoms with van der Waals surface area (Å²) in [6.45, 7) is 3.82. The Balaban J connectivity index is 1.44. The lowest BCUT2D eigenvalue weighted by molar-refractivity contribution is -0.123. The van der Waals surface area contributed by atoms with Crippen molar-refractivity contribution in [1.29, 1.82) is 0 Å². The Morgan fingerprint density at radius 1 is 0.821 bits per heavy atom. The second-order valence-electron chi connectivity index (χ2n) is 10.2. The highest BCUT2D eigenvalue weighted by atomic mass is 79.9. The molecule has 0 saturated carbocycles. The highest BCUT2D eigenvalue weighted by Gasteiger charge is 2.63. The van der Waals surface area contributed by atoms with Gasteiger partial charge in [0.1, 0.15) is 6.04 Å².